The van der Waals surface area contributed by atoms with Gasteiger partial charge in [-0.15, -0.1) is 0 Å². The Hall–Kier alpha value is -2.75. The number of methoxy groups -OCH3 is 3. The number of nitro benzene ring substituents is 1. The van der Waals surface area contributed by atoms with Crippen molar-refractivity contribution in [2.24, 2.45) is 5.92 Å². The highest BCUT2D eigenvalue weighted by atomic mass is 35.5. The molecule has 0 aromatic heterocycles. The number of aryl methyl sites for hydroxylation is 1. The van der Waals surface area contributed by atoms with Gasteiger partial charge >= 0.3 is 11.7 Å². The van der Waals surface area contributed by atoms with Crippen molar-refractivity contribution < 1.29 is 33.1 Å². The highest BCUT2D eigenvalue weighted by Gasteiger charge is 2.36. The Morgan fingerprint density at radius 1 is 1.25 bits per heavy atom. The molecule has 0 radical (unpaired) electrons. The molecule has 0 amide bonds. The summed E-state index contributed by atoms with van der Waals surface area (Å²) in [6.07, 6.45) is 0.940. The van der Waals surface area contributed by atoms with E-state index >= 15 is 0 Å². The smallest absolute Gasteiger partial charge is 0.341 e. The molecule has 10 heteroatoms. The molecule has 172 valence electrons. The van der Waals surface area contributed by atoms with Crippen molar-refractivity contribution in [3.8, 4) is 5.75 Å². The van der Waals surface area contributed by atoms with Crippen LogP contribution in [0.3, 0.4) is 0 Å². The molecule has 8 nitrogen and oxygen atoms in total. The van der Waals surface area contributed by atoms with Gasteiger partial charge in [-0.2, -0.15) is 0 Å². The lowest BCUT2D eigenvalue weighted by Crippen LogP contribution is -2.36. The number of carbonyl (C=O) groups is 1. The Bertz CT molecular complexity index is 1010. The topological polar surface area (TPSA) is 97.1 Å². The van der Waals surface area contributed by atoms with E-state index in [0.717, 1.165) is 36.8 Å². The molecule has 0 saturated heterocycles. The number of ether oxygens (including phenoxy) is 4. The average Bonchev–Trinajstić information content (AvgIpc) is 2.78. The van der Waals surface area contributed by atoms with Crippen molar-refractivity contribution >= 4 is 23.3 Å². The van der Waals surface area contributed by atoms with Crippen molar-refractivity contribution in [1.29, 1.82) is 0 Å². The quantitative estimate of drug-likeness (QED) is 0.244. The maximum absolute atomic E-state index is 14.4. The monoisotopic (exact) mass is 467 g/mol. The summed E-state index contributed by atoms with van der Waals surface area (Å²) < 4.78 is 35.6. The lowest BCUT2D eigenvalue weighted by Gasteiger charge is -2.37. The molecule has 2 aromatic rings. The Balaban J connectivity index is 1.96. The lowest BCUT2D eigenvalue weighted by atomic mass is 9.75. The molecule has 2 aromatic carbocycles. The molecule has 0 aliphatic heterocycles. The third-order valence-electron chi connectivity index (χ3n) is 5.65. The Labute approximate surface area is 189 Å². The number of fused-ring (bicyclic) bond motifs is 1. The number of carbonyl (C=O) groups excluding carboxylic acids is 1. The summed E-state index contributed by atoms with van der Waals surface area (Å²) in [5, 5.41) is 12.1. The predicted molar refractivity (Wildman–Crippen MR) is 114 cm³/mol. The zero-order chi connectivity index (χ0) is 23.4. The predicted octanol–water partition coefficient (Wildman–Crippen LogP) is 4.52. The van der Waals surface area contributed by atoms with Crippen LogP contribution in [0.4, 0.5) is 10.1 Å². The van der Waals surface area contributed by atoms with Crippen LogP contribution in [0, 0.1) is 21.8 Å². The van der Waals surface area contributed by atoms with E-state index in [2.05, 4.69) is 4.74 Å². The minimum absolute atomic E-state index is 0.000367. The zero-order valence-corrected chi connectivity index (χ0v) is 18.6. The summed E-state index contributed by atoms with van der Waals surface area (Å²) in [7, 11) is 4.14. The Kier molecular flexibility index (Phi) is 7.65. The van der Waals surface area contributed by atoms with Crippen LogP contribution in [0.1, 0.15) is 33.8 Å². The first-order chi connectivity index (χ1) is 15.3. The summed E-state index contributed by atoms with van der Waals surface area (Å²) >= 11 is 6.14. The van der Waals surface area contributed by atoms with Gasteiger partial charge in [-0.3, -0.25) is 10.1 Å². The van der Waals surface area contributed by atoms with Crippen LogP contribution >= 0.6 is 11.6 Å². The van der Waals surface area contributed by atoms with Gasteiger partial charge < -0.3 is 18.9 Å². The van der Waals surface area contributed by atoms with Crippen LogP contribution in [-0.4, -0.2) is 45.1 Å². The van der Waals surface area contributed by atoms with Crippen LogP contribution in [-0.2, 0) is 20.6 Å². The summed E-state index contributed by atoms with van der Waals surface area (Å²) in [6, 6.07) is 7.17. The average molecular weight is 468 g/mol. The van der Waals surface area contributed by atoms with E-state index in [9.17, 15) is 19.3 Å². The first-order valence-electron chi connectivity index (χ1n) is 9.83. The van der Waals surface area contributed by atoms with Gasteiger partial charge in [0.15, 0.2) is 12.0 Å². The molecule has 1 aliphatic carbocycles. The molecule has 32 heavy (non-hydrogen) atoms. The highest BCUT2D eigenvalue weighted by Crippen LogP contribution is 2.41. The van der Waals surface area contributed by atoms with E-state index in [1.165, 1.54) is 14.2 Å². The molecule has 0 saturated carbocycles. The second-order valence-electron chi connectivity index (χ2n) is 7.35. The fraction of sp³-hybridized carbons (Fsp3) is 0.409. The van der Waals surface area contributed by atoms with Crippen molar-refractivity contribution in [3.63, 3.8) is 0 Å². The second kappa shape index (κ2) is 10.2. The number of nitrogens with zero attached hydrogens (tertiary/aromatic N) is 1. The maximum atomic E-state index is 14.4. The Morgan fingerprint density at radius 2 is 1.97 bits per heavy atom. The van der Waals surface area contributed by atoms with Gasteiger partial charge in [0, 0.05) is 43.2 Å². The van der Waals surface area contributed by atoms with Crippen LogP contribution in [0.5, 0.6) is 5.75 Å². The third-order valence-corrected chi connectivity index (χ3v) is 5.89. The molecule has 0 bridgehead atoms. The van der Waals surface area contributed by atoms with Crippen molar-refractivity contribution in [2.45, 2.75) is 25.0 Å². The largest absolute Gasteiger partial charge is 0.486 e. The van der Waals surface area contributed by atoms with E-state index in [4.69, 9.17) is 25.8 Å². The SMILES string of the molecule is COC(=O)c1cc([N+](=O)[O-])c(OCC2c3ccc(Cl)cc3CC[C@H]2C(OC)OC)cc1F. The molecular formula is C22H23ClFNO7. The van der Waals surface area contributed by atoms with E-state index < -0.39 is 34.3 Å². The van der Waals surface area contributed by atoms with Crippen molar-refractivity contribution in [3.05, 3.63) is 68.0 Å². The minimum atomic E-state index is -1.02. The molecule has 2 atom stereocenters. The molecular weight excluding hydrogens is 445 g/mol. The summed E-state index contributed by atoms with van der Waals surface area (Å²) in [5.41, 5.74) is 0.917. The number of halogens is 2. The van der Waals surface area contributed by atoms with Crippen LogP contribution in [0.25, 0.3) is 0 Å². The summed E-state index contributed by atoms with van der Waals surface area (Å²) in [6.45, 7) is 0.000367. The van der Waals surface area contributed by atoms with Crippen molar-refractivity contribution in [1.82, 2.24) is 0 Å². The number of rotatable bonds is 8. The fourth-order valence-electron chi connectivity index (χ4n) is 4.14. The first-order valence-corrected chi connectivity index (χ1v) is 10.2. The molecule has 0 N–H and O–H groups in total. The third kappa shape index (κ3) is 4.85. The standard InChI is InChI=1S/C22H23ClFNO7/c1-29-21(26)16-9-19(25(27)28)20(10-18(16)24)32-11-17-14-7-5-13(23)8-12(14)4-6-15(17)22(30-2)31-3/h5,7-10,15,17,22H,4,6,11H2,1-3H3/t15-,17?/m1/s1. The maximum Gasteiger partial charge on any atom is 0.341 e. The second-order valence-corrected chi connectivity index (χ2v) is 7.79. The molecule has 0 fully saturated rings. The van der Waals surface area contributed by atoms with Crippen molar-refractivity contribution in [2.75, 3.05) is 27.9 Å². The lowest BCUT2D eigenvalue weighted by molar-refractivity contribution is -0.386. The molecule has 0 heterocycles. The van der Waals surface area contributed by atoms with Gasteiger partial charge in [0.05, 0.1) is 18.6 Å². The van der Waals surface area contributed by atoms with Crippen LogP contribution in [0.15, 0.2) is 30.3 Å². The minimum Gasteiger partial charge on any atom is -0.486 e. The normalized spacial score (nSPS) is 17.7. The fourth-order valence-corrected chi connectivity index (χ4v) is 4.33. The van der Waals surface area contributed by atoms with Gasteiger partial charge in [-0.25, -0.2) is 9.18 Å². The first kappa shape index (κ1) is 23.9. The number of esters is 1. The summed E-state index contributed by atoms with van der Waals surface area (Å²) in [5.74, 6) is -2.65. The number of benzene rings is 2. The number of hydrogen-bond donors (Lipinski definition) is 0. The van der Waals surface area contributed by atoms with E-state index in [1.807, 2.05) is 12.1 Å². The van der Waals surface area contributed by atoms with Gasteiger partial charge in [0.25, 0.3) is 0 Å². The Morgan fingerprint density at radius 3 is 2.59 bits per heavy atom. The van der Waals surface area contributed by atoms with Crippen LogP contribution in [0.2, 0.25) is 5.02 Å². The summed E-state index contributed by atoms with van der Waals surface area (Å²) in [4.78, 5) is 22.5. The number of nitro groups is 1. The number of hydrogen-bond acceptors (Lipinski definition) is 7. The van der Waals surface area contributed by atoms with Crippen LogP contribution < -0.4 is 4.74 Å². The van der Waals surface area contributed by atoms with Gasteiger partial charge in [-0.1, -0.05) is 17.7 Å². The van der Waals surface area contributed by atoms with Gasteiger partial charge in [0.1, 0.15) is 11.4 Å². The molecule has 0 spiro atoms. The highest BCUT2D eigenvalue weighted by molar-refractivity contribution is 6.30. The molecule has 3 rings (SSSR count). The zero-order valence-electron chi connectivity index (χ0n) is 17.8. The van der Waals surface area contributed by atoms with E-state index in [1.54, 1.807) is 6.07 Å². The van der Waals surface area contributed by atoms with Gasteiger partial charge in [0.2, 0.25) is 0 Å². The molecule has 1 unspecified atom stereocenters. The molecule has 1 aliphatic rings. The van der Waals surface area contributed by atoms with E-state index in [0.29, 0.717) is 11.4 Å². The van der Waals surface area contributed by atoms with E-state index in [-0.39, 0.29) is 24.2 Å². The van der Waals surface area contributed by atoms with Gasteiger partial charge in [-0.05, 0) is 36.1 Å².